The number of hydrogen-bond acceptors (Lipinski definition) is 2. The van der Waals surface area contributed by atoms with Crippen LogP contribution >= 0.6 is 0 Å². The summed E-state index contributed by atoms with van der Waals surface area (Å²) in [5.74, 6) is 1.18. The summed E-state index contributed by atoms with van der Waals surface area (Å²) in [5.41, 5.74) is 0. The van der Waals surface area contributed by atoms with E-state index in [1.54, 1.807) is 6.92 Å². The predicted molar refractivity (Wildman–Crippen MR) is 65.5 cm³/mol. The highest BCUT2D eigenvalue weighted by Crippen LogP contribution is 2.00. The van der Waals surface area contributed by atoms with Gasteiger partial charge in [0.1, 0.15) is 0 Å². The second-order valence-corrected chi connectivity index (χ2v) is 3.94. The van der Waals surface area contributed by atoms with Gasteiger partial charge in [-0.2, -0.15) is 0 Å². The van der Waals surface area contributed by atoms with Crippen LogP contribution in [0.5, 0.6) is 0 Å². The minimum Gasteiger partial charge on any atom is -0.481 e. The lowest BCUT2D eigenvalue weighted by atomic mass is 10.1. The first-order chi connectivity index (χ1) is 8.01. The van der Waals surface area contributed by atoms with E-state index in [0.29, 0.717) is 19.4 Å². The molecule has 0 heterocycles. The zero-order chi connectivity index (χ0) is 13.3. The predicted octanol–water partition coefficient (Wildman–Crippen LogP) is 1.20. The smallest absolute Gasteiger partial charge is 0.315 e. The number of urea groups is 1. The van der Waals surface area contributed by atoms with E-state index in [0.717, 1.165) is 6.42 Å². The van der Waals surface area contributed by atoms with Crippen molar-refractivity contribution in [2.24, 2.45) is 5.92 Å². The molecule has 0 aliphatic heterocycles. The van der Waals surface area contributed by atoms with E-state index in [1.807, 2.05) is 6.92 Å². The van der Waals surface area contributed by atoms with Gasteiger partial charge in [0, 0.05) is 19.0 Å². The number of carboxylic acids is 1. The van der Waals surface area contributed by atoms with Crippen LogP contribution in [0.2, 0.25) is 0 Å². The van der Waals surface area contributed by atoms with Crippen molar-refractivity contribution < 1.29 is 14.7 Å². The number of nitrogens with one attached hydrogen (secondary N) is 2. The van der Waals surface area contributed by atoms with Crippen molar-refractivity contribution in [2.75, 3.05) is 6.54 Å². The molecule has 0 bridgehead atoms. The highest BCUT2D eigenvalue weighted by molar-refractivity contribution is 5.74. The van der Waals surface area contributed by atoms with Gasteiger partial charge in [0.15, 0.2) is 0 Å². The van der Waals surface area contributed by atoms with Crippen molar-refractivity contribution in [3.05, 3.63) is 0 Å². The van der Waals surface area contributed by atoms with Gasteiger partial charge in [-0.25, -0.2) is 4.79 Å². The second kappa shape index (κ2) is 8.45. The van der Waals surface area contributed by atoms with Crippen LogP contribution in [-0.2, 0) is 4.79 Å². The summed E-state index contributed by atoms with van der Waals surface area (Å²) in [5, 5.41) is 14.0. The van der Waals surface area contributed by atoms with Gasteiger partial charge in [0.2, 0.25) is 0 Å². The third kappa shape index (κ3) is 7.23. The van der Waals surface area contributed by atoms with E-state index in [2.05, 4.69) is 16.6 Å². The summed E-state index contributed by atoms with van der Waals surface area (Å²) in [4.78, 5) is 21.9. The molecule has 0 aromatic rings. The van der Waals surface area contributed by atoms with Gasteiger partial charge < -0.3 is 15.7 Å². The maximum Gasteiger partial charge on any atom is 0.315 e. The van der Waals surface area contributed by atoms with Crippen LogP contribution in [-0.4, -0.2) is 29.7 Å². The lowest BCUT2D eigenvalue weighted by molar-refractivity contribution is -0.141. The van der Waals surface area contributed by atoms with Crippen molar-refractivity contribution in [1.29, 1.82) is 0 Å². The molecule has 0 fully saturated rings. The van der Waals surface area contributed by atoms with E-state index in [-0.39, 0.29) is 12.1 Å². The zero-order valence-electron chi connectivity index (χ0n) is 10.3. The van der Waals surface area contributed by atoms with Gasteiger partial charge in [0.05, 0.1) is 5.92 Å². The molecule has 2 amide bonds. The number of aliphatic carboxylic acids is 1. The third-order valence-corrected chi connectivity index (χ3v) is 2.48. The van der Waals surface area contributed by atoms with E-state index in [1.165, 1.54) is 0 Å². The van der Waals surface area contributed by atoms with Crippen molar-refractivity contribution in [1.82, 2.24) is 10.6 Å². The molecule has 2 atom stereocenters. The number of rotatable bonds is 7. The molecule has 0 rings (SSSR count). The van der Waals surface area contributed by atoms with Crippen LogP contribution in [0, 0.1) is 18.3 Å². The fourth-order valence-electron chi connectivity index (χ4n) is 1.20. The number of carboxylic acid groups (broad SMARTS) is 1. The van der Waals surface area contributed by atoms with E-state index < -0.39 is 11.9 Å². The van der Waals surface area contributed by atoms with E-state index >= 15 is 0 Å². The Morgan fingerprint density at radius 3 is 2.59 bits per heavy atom. The summed E-state index contributed by atoms with van der Waals surface area (Å²) in [6, 6.07) is -0.332. The number of amides is 2. The van der Waals surface area contributed by atoms with Crippen LogP contribution in [0.4, 0.5) is 4.79 Å². The van der Waals surface area contributed by atoms with Gasteiger partial charge in [-0.05, 0) is 12.8 Å². The number of hydrogen-bond donors (Lipinski definition) is 3. The standard InChI is InChI=1S/C12H20N2O3/c1-4-6-10(5-2)14-12(17)13-8-7-9(3)11(15)16/h1,9-10H,5-8H2,2-3H3,(H,15,16)(H2,13,14,17). The van der Waals surface area contributed by atoms with Gasteiger partial charge in [-0.1, -0.05) is 13.8 Å². The normalized spacial score (nSPS) is 13.2. The first kappa shape index (κ1) is 15.3. The van der Waals surface area contributed by atoms with Crippen molar-refractivity contribution in [2.45, 2.75) is 39.2 Å². The monoisotopic (exact) mass is 240 g/mol. The van der Waals surface area contributed by atoms with Crippen LogP contribution in [0.25, 0.3) is 0 Å². The highest BCUT2D eigenvalue weighted by Gasteiger charge is 2.12. The Labute approximate surface area is 102 Å². The summed E-state index contributed by atoms with van der Waals surface area (Å²) < 4.78 is 0. The van der Waals surface area contributed by atoms with Crippen LogP contribution in [0.1, 0.15) is 33.1 Å². The lowest BCUT2D eigenvalue weighted by Gasteiger charge is -2.15. The Morgan fingerprint density at radius 2 is 2.12 bits per heavy atom. The van der Waals surface area contributed by atoms with Gasteiger partial charge >= 0.3 is 12.0 Å². The largest absolute Gasteiger partial charge is 0.481 e. The van der Waals surface area contributed by atoms with Gasteiger partial charge in [0.25, 0.3) is 0 Å². The Bertz CT molecular complexity index is 297. The number of carbonyl (C=O) groups is 2. The number of terminal acetylenes is 1. The summed E-state index contributed by atoms with van der Waals surface area (Å²) >= 11 is 0. The molecule has 96 valence electrons. The first-order valence-electron chi connectivity index (χ1n) is 5.71. The Balaban J connectivity index is 3.80. The molecule has 0 aromatic heterocycles. The molecule has 0 aliphatic carbocycles. The summed E-state index contributed by atoms with van der Waals surface area (Å²) in [7, 11) is 0. The molecule has 5 heteroatoms. The average Bonchev–Trinajstić information content (AvgIpc) is 2.28. The Hall–Kier alpha value is -1.70. The SMILES string of the molecule is C#CCC(CC)NC(=O)NCCC(C)C(=O)O. The van der Waals surface area contributed by atoms with E-state index in [9.17, 15) is 9.59 Å². The molecule has 3 N–H and O–H groups in total. The quantitative estimate of drug-likeness (QED) is 0.585. The zero-order valence-corrected chi connectivity index (χ0v) is 10.3. The van der Waals surface area contributed by atoms with Crippen LogP contribution in [0.15, 0.2) is 0 Å². The molecule has 0 radical (unpaired) electrons. The minimum absolute atomic E-state index is 0.0307. The number of carbonyl (C=O) groups excluding carboxylic acids is 1. The Morgan fingerprint density at radius 1 is 1.47 bits per heavy atom. The second-order valence-electron chi connectivity index (χ2n) is 3.94. The van der Waals surface area contributed by atoms with E-state index in [4.69, 9.17) is 11.5 Å². The molecule has 0 aliphatic rings. The molecular weight excluding hydrogens is 220 g/mol. The molecule has 5 nitrogen and oxygen atoms in total. The Kier molecular flexibility index (Phi) is 7.61. The van der Waals surface area contributed by atoms with Crippen molar-refractivity contribution in [3.8, 4) is 12.3 Å². The van der Waals surface area contributed by atoms with Crippen LogP contribution in [0.3, 0.4) is 0 Å². The topological polar surface area (TPSA) is 78.4 Å². The maximum atomic E-state index is 11.4. The fourth-order valence-corrected chi connectivity index (χ4v) is 1.20. The van der Waals surface area contributed by atoms with Crippen molar-refractivity contribution >= 4 is 12.0 Å². The molecule has 0 aromatic carbocycles. The molecule has 2 unspecified atom stereocenters. The first-order valence-corrected chi connectivity index (χ1v) is 5.71. The molecule has 17 heavy (non-hydrogen) atoms. The summed E-state index contributed by atoms with van der Waals surface area (Å²) in [6.45, 7) is 3.88. The highest BCUT2D eigenvalue weighted by atomic mass is 16.4. The fraction of sp³-hybridized carbons (Fsp3) is 0.667. The lowest BCUT2D eigenvalue weighted by Crippen LogP contribution is -2.42. The molecule has 0 saturated carbocycles. The van der Waals surface area contributed by atoms with Crippen molar-refractivity contribution in [3.63, 3.8) is 0 Å². The molecular formula is C12H20N2O3. The maximum absolute atomic E-state index is 11.4. The summed E-state index contributed by atoms with van der Waals surface area (Å²) in [6.07, 6.45) is 6.84. The minimum atomic E-state index is -0.856. The van der Waals surface area contributed by atoms with Gasteiger partial charge in [-0.3, -0.25) is 4.79 Å². The van der Waals surface area contributed by atoms with Crippen LogP contribution < -0.4 is 10.6 Å². The molecule has 0 saturated heterocycles. The molecule has 0 spiro atoms. The van der Waals surface area contributed by atoms with Gasteiger partial charge in [-0.15, -0.1) is 12.3 Å². The third-order valence-electron chi connectivity index (χ3n) is 2.48. The average molecular weight is 240 g/mol.